The number of oxime groups is 1. The van der Waals surface area contributed by atoms with Gasteiger partial charge in [-0.2, -0.15) is 0 Å². The molecule has 1 heterocycles. The smallest absolute Gasteiger partial charge is 0.159 e. The molecule has 72 valence electrons. The highest BCUT2D eigenvalue weighted by molar-refractivity contribution is 6.02. The summed E-state index contributed by atoms with van der Waals surface area (Å²) in [4.78, 5) is 15.9. The lowest BCUT2D eigenvalue weighted by atomic mass is 10.0. The number of nitrogens with zero attached hydrogens (tertiary/aromatic N) is 1. The van der Waals surface area contributed by atoms with Gasteiger partial charge in [0, 0.05) is 12.0 Å². The molecular formula is C11H11NO2. The predicted octanol–water partition coefficient (Wildman–Crippen LogP) is 2.01. The molecule has 1 aromatic carbocycles. The Morgan fingerprint density at radius 2 is 2.07 bits per heavy atom. The summed E-state index contributed by atoms with van der Waals surface area (Å²) in [5.41, 5.74) is 2.72. The van der Waals surface area contributed by atoms with Crippen LogP contribution < -0.4 is 0 Å². The Morgan fingerprint density at radius 3 is 2.57 bits per heavy atom. The summed E-state index contributed by atoms with van der Waals surface area (Å²) in [7, 11) is 0. The number of benzene rings is 1. The van der Waals surface area contributed by atoms with Crippen molar-refractivity contribution in [2.24, 2.45) is 5.16 Å². The van der Waals surface area contributed by atoms with Crippen LogP contribution in [0.2, 0.25) is 0 Å². The highest BCUT2D eigenvalue weighted by Crippen LogP contribution is 2.12. The highest BCUT2D eigenvalue weighted by atomic mass is 16.6. The molecule has 0 N–H and O–H groups in total. The molecule has 0 fully saturated rings. The van der Waals surface area contributed by atoms with Crippen LogP contribution in [0.1, 0.15) is 29.3 Å². The number of carbonyl (C=O) groups is 1. The van der Waals surface area contributed by atoms with Gasteiger partial charge >= 0.3 is 0 Å². The van der Waals surface area contributed by atoms with Gasteiger partial charge in [0.2, 0.25) is 0 Å². The van der Waals surface area contributed by atoms with Crippen LogP contribution in [0.25, 0.3) is 0 Å². The summed E-state index contributed by atoms with van der Waals surface area (Å²) in [6, 6.07) is 7.45. The van der Waals surface area contributed by atoms with Crippen LogP contribution in [0.5, 0.6) is 0 Å². The largest absolute Gasteiger partial charge is 0.395 e. The molecule has 0 unspecified atom stereocenters. The lowest BCUT2D eigenvalue weighted by Gasteiger charge is -1.99. The lowest BCUT2D eigenvalue weighted by Crippen LogP contribution is -1.98. The molecule has 1 aliphatic heterocycles. The Balaban J connectivity index is 2.25. The highest BCUT2D eigenvalue weighted by Gasteiger charge is 2.10. The molecule has 1 aliphatic rings. The third kappa shape index (κ3) is 1.66. The van der Waals surface area contributed by atoms with E-state index in [2.05, 4.69) is 5.16 Å². The first kappa shape index (κ1) is 8.94. The fourth-order valence-electron chi connectivity index (χ4n) is 1.41. The van der Waals surface area contributed by atoms with Crippen molar-refractivity contribution in [3.05, 3.63) is 35.4 Å². The number of carbonyl (C=O) groups excluding carboxylic acids is 1. The van der Waals surface area contributed by atoms with Crippen LogP contribution in [0.3, 0.4) is 0 Å². The van der Waals surface area contributed by atoms with Crippen molar-refractivity contribution >= 4 is 11.5 Å². The lowest BCUT2D eigenvalue weighted by molar-refractivity contribution is 0.101. The van der Waals surface area contributed by atoms with Crippen molar-refractivity contribution < 1.29 is 9.63 Å². The van der Waals surface area contributed by atoms with Gasteiger partial charge in [0.25, 0.3) is 0 Å². The average Bonchev–Trinajstić information content (AvgIpc) is 2.71. The molecule has 3 heteroatoms. The van der Waals surface area contributed by atoms with E-state index in [0.717, 1.165) is 23.3 Å². The summed E-state index contributed by atoms with van der Waals surface area (Å²) in [6.45, 7) is 2.22. The van der Waals surface area contributed by atoms with Crippen molar-refractivity contribution in [2.75, 3.05) is 6.61 Å². The van der Waals surface area contributed by atoms with E-state index in [9.17, 15) is 4.79 Å². The molecule has 0 aliphatic carbocycles. The predicted molar refractivity (Wildman–Crippen MR) is 53.6 cm³/mol. The van der Waals surface area contributed by atoms with E-state index in [1.807, 2.05) is 24.3 Å². The van der Waals surface area contributed by atoms with Crippen LogP contribution in [0, 0.1) is 0 Å². The molecule has 2 rings (SSSR count). The normalized spacial score (nSPS) is 14.8. The molecule has 14 heavy (non-hydrogen) atoms. The Hall–Kier alpha value is -1.64. The number of ketones is 1. The van der Waals surface area contributed by atoms with Crippen LogP contribution in [0.4, 0.5) is 0 Å². The molecule has 1 aromatic rings. The second-order valence-corrected chi connectivity index (χ2v) is 3.25. The van der Waals surface area contributed by atoms with Crippen LogP contribution in [-0.2, 0) is 4.84 Å². The molecule has 0 saturated heterocycles. The van der Waals surface area contributed by atoms with Crippen molar-refractivity contribution in [1.82, 2.24) is 0 Å². The van der Waals surface area contributed by atoms with Gasteiger partial charge in [-0.05, 0) is 12.5 Å². The maximum Gasteiger partial charge on any atom is 0.159 e. The summed E-state index contributed by atoms with van der Waals surface area (Å²) in [5, 5.41) is 3.91. The van der Waals surface area contributed by atoms with Crippen LogP contribution in [-0.4, -0.2) is 18.1 Å². The second-order valence-electron chi connectivity index (χ2n) is 3.25. The van der Waals surface area contributed by atoms with Gasteiger partial charge in [-0.1, -0.05) is 29.4 Å². The van der Waals surface area contributed by atoms with Gasteiger partial charge < -0.3 is 4.84 Å². The van der Waals surface area contributed by atoms with Crippen LogP contribution >= 0.6 is 0 Å². The maximum absolute atomic E-state index is 11.0. The molecule has 0 amide bonds. The Labute approximate surface area is 82.4 Å². The van der Waals surface area contributed by atoms with Crippen molar-refractivity contribution in [3.63, 3.8) is 0 Å². The van der Waals surface area contributed by atoms with E-state index in [0.29, 0.717) is 6.61 Å². The molecule has 0 bridgehead atoms. The molecule has 0 saturated carbocycles. The van der Waals surface area contributed by atoms with Gasteiger partial charge in [-0.15, -0.1) is 0 Å². The zero-order chi connectivity index (χ0) is 9.97. The van der Waals surface area contributed by atoms with E-state index in [4.69, 9.17) is 4.84 Å². The average molecular weight is 189 g/mol. The number of Topliss-reactive ketones (excluding diaryl/α,β-unsaturated/α-hetero) is 1. The van der Waals surface area contributed by atoms with Gasteiger partial charge in [-0.3, -0.25) is 4.79 Å². The molecule has 0 radical (unpaired) electrons. The summed E-state index contributed by atoms with van der Waals surface area (Å²) >= 11 is 0. The zero-order valence-electron chi connectivity index (χ0n) is 7.99. The van der Waals surface area contributed by atoms with Crippen molar-refractivity contribution in [2.45, 2.75) is 13.3 Å². The number of rotatable bonds is 2. The van der Waals surface area contributed by atoms with E-state index < -0.39 is 0 Å². The monoisotopic (exact) mass is 189 g/mol. The summed E-state index contributed by atoms with van der Waals surface area (Å²) in [6.07, 6.45) is 0.847. The van der Waals surface area contributed by atoms with Gasteiger partial charge in [-0.25, -0.2) is 0 Å². The first-order valence-corrected chi connectivity index (χ1v) is 4.57. The minimum atomic E-state index is 0.0844. The quantitative estimate of drug-likeness (QED) is 0.667. The summed E-state index contributed by atoms with van der Waals surface area (Å²) < 4.78 is 0. The maximum atomic E-state index is 11.0. The Kier molecular flexibility index (Phi) is 2.31. The van der Waals surface area contributed by atoms with Gasteiger partial charge in [0.1, 0.15) is 6.61 Å². The van der Waals surface area contributed by atoms with E-state index in [1.54, 1.807) is 6.92 Å². The van der Waals surface area contributed by atoms with Crippen LogP contribution in [0.15, 0.2) is 29.4 Å². The van der Waals surface area contributed by atoms with Gasteiger partial charge in [0.15, 0.2) is 5.78 Å². The molecule has 0 atom stereocenters. The fourth-order valence-corrected chi connectivity index (χ4v) is 1.41. The number of hydrogen-bond acceptors (Lipinski definition) is 3. The van der Waals surface area contributed by atoms with E-state index in [1.165, 1.54) is 0 Å². The molecule has 3 nitrogen and oxygen atoms in total. The number of hydrogen-bond donors (Lipinski definition) is 0. The topological polar surface area (TPSA) is 38.7 Å². The molecular weight excluding hydrogens is 178 g/mol. The summed E-state index contributed by atoms with van der Waals surface area (Å²) in [5.74, 6) is 0.0844. The minimum absolute atomic E-state index is 0.0844. The minimum Gasteiger partial charge on any atom is -0.395 e. The molecule has 0 spiro atoms. The third-order valence-electron chi connectivity index (χ3n) is 2.23. The SMILES string of the molecule is CC(=O)c1ccc(C2=NOCC2)cc1. The Morgan fingerprint density at radius 1 is 1.36 bits per heavy atom. The first-order chi connectivity index (χ1) is 6.77. The standard InChI is InChI=1S/C11H11NO2/c1-8(13)9-2-4-10(5-3-9)11-6-7-14-12-11/h2-5H,6-7H2,1H3. The third-order valence-corrected chi connectivity index (χ3v) is 2.23. The molecule has 0 aromatic heterocycles. The van der Waals surface area contributed by atoms with Crippen molar-refractivity contribution in [1.29, 1.82) is 0 Å². The van der Waals surface area contributed by atoms with Crippen molar-refractivity contribution in [3.8, 4) is 0 Å². The first-order valence-electron chi connectivity index (χ1n) is 4.57. The van der Waals surface area contributed by atoms with E-state index >= 15 is 0 Å². The Bertz CT molecular complexity index is 379. The zero-order valence-corrected chi connectivity index (χ0v) is 7.99. The van der Waals surface area contributed by atoms with Gasteiger partial charge in [0.05, 0.1) is 5.71 Å². The second kappa shape index (κ2) is 3.62. The fraction of sp³-hybridized carbons (Fsp3) is 0.273. The van der Waals surface area contributed by atoms with E-state index in [-0.39, 0.29) is 5.78 Å².